The van der Waals surface area contributed by atoms with Gasteiger partial charge in [0.2, 0.25) is 0 Å². The molecule has 0 unspecified atom stereocenters. The van der Waals surface area contributed by atoms with Crippen LogP contribution in [0, 0.1) is 13.8 Å². The van der Waals surface area contributed by atoms with E-state index in [1.807, 2.05) is 26.0 Å². The van der Waals surface area contributed by atoms with Crippen molar-refractivity contribution in [2.24, 2.45) is 0 Å². The number of carbonyl (C=O) groups is 1. The van der Waals surface area contributed by atoms with E-state index in [1.165, 1.54) is 5.56 Å². The molecular formula is C21H26N2O2. The molecule has 0 bridgehead atoms. The maximum absolute atomic E-state index is 12.3. The van der Waals surface area contributed by atoms with Crippen LogP contribution in [0.15, 0.2) is 42.5 Å². The molecule has 1 aliphatic rings. The molecule has 0 atom stereocenters. The van der Waals surface area contributed by atoms with Crippen molar-refractivity contribution in [3.63, 3.8) is 0 Å². The molecule has 25 heavy (non-hydrogen) atoms. The number of hydrogen-bond donors (Lipinski definition) is 1. The van der Waals surface area contributed by atoms with E-state index in [2.05, 4.69) is 40.5 Å². The Bertz CT molecular complexity index is 699. The second kappa shape index (κ2) is 8.28. The maximum atomic E-state index is 12.3. The first kappa shape index (κ1) is 17.6. The van der Waals surface area contributed by atoms with E-state index < -0.39 is 0 Å². The van der Waals surface area contributed by atoms with Crippen LogP contribution in [0.25, 0.3) is 0 Å². The highest BCUT2D eigenvalue weighted by Crippen LogP contribution is 2.11. The van der Waals surface area contributed by atoms with Gasteiger partial charge < -0.3 is 10.1 Å². The van der Waals surface area contributed by atoms with Gasteiger partial charge >= 0.3 is 0 Å². The zero-order valence-electron chi connectivity index (χ0n) is 15.0. The first-order valence-electron chi connectivity index (χ1n) is 8.84. The number of nitrogens with zero attached hydrogens (tertiary/aromatic N) is 1. The summed E-state index contributed by atoms with van der Waals surface area (Å²) in [7, 11) is 0. The van der Waals surface area contributed by atoms with Crippen molar-refractivity contribution in [3.05, 3.63) is 70.3 Å². The van der Waals surface area contributed by atoms with Gasteiger partial charge in [0.15, 0.2) is 0 Å². The Morgan fingerprint density at radius 2 is 1.60 bits per heavy atom. The smallest absolute Gasteiger partial charge is 0.251 e. The van der Waals surface area contributed by atoms with Gasteiger partial charge in [0.1, 0.15) is 0 Å². The van der Waals surface area contributed by atoms with Crippen LogP contribution >= 0.6 is 0 Å². The fourth-order valence-electron chi connectivity index (χ4n) is 3.17. The van der Waals surface area contributed by atoms with Crippen LogP contribution in [0.4, 0.5) is 0 Å². The lowest BCUT2D eigenvalue weighted by Gasteiger charge is -2.26. The van der Waals surface area contributed by atoms with Crippen LogP contribution < -0.4 is 5.32 Å². The van der Waals surface area contributed by atoms with Gasteiger partial charge in [0.05, 0.1) is 13.2 Å². The summed E-state index contributed by atoms with van der Waals surface area (Å²) in [6.07, 6.45) is 0. The predicted octanol–water partition coefficient (Wildman–Crippen LogP) is 3.07. The zero-order valence-corrected chi connectivity index (χ0v) is 15.0. The van der Waals surface area contributed by atoms with Crippen LogP contribution in [0.3, 0.4) is 0 Å². The number of ether oxygens (including phenoxy) is 1. The molecule has 4 nitrogen and oxygen atoms in total. The SMILES string of the molecule is Cc1cc(C)cc(C(=O)NCc2ccc(CN3CCOCC3)cc2)c1. The number of nitrogens with one attached hydrogen (secondary N) is 1. The molecule has 132 valence electrons. The van der Waals surface area contributed by atoms with Gasteiger partial charge in [-0.1, -0.05) is 41.5 Å². The average Bonchev–Trinajstić information content (AvgIpc) is 2.61. The topological polar surface area (TPSA) is 41.6 Å². The molecule has 1 saturated heterocycles. The Hall–Kier alpha value is -2.17. The molecule has 3 rings (SSSR count). The molecule has 0 aromatic heterocycles. The summed E-state index contributed by atoms with van der Waals surface area (Å²) >= 11 is 0. The standard InChI is InChI=1S/C21H26N2O2/c1-16-11-17(2)13-20(12-16)21(24)22-14-18-3-5-19(6-4-18)15-23-7-9-25-10-8-23/h3-6,11-13H,7-10,14-15H2,1-2H3,(H,22,24). The Kier molecular flexibility index (Phi) is 5.84. The average molecular weight is 338 g/mol. The number of benzene rings is 2. The molecule has 0 saturated carbocycles. The van der Waals surface area contributed by atoms with Crippen molar-refractivity contribution in [2.45, 2.75) is 26.9 Å². The fraction of sp³-hybridized carbons (Fsp3) is 0.381. The van der Waals surface area contributed by atoms with E-state index in [4.69, 9.17) is 4.74 Å². The number of hydrogen-bond acceptors (Lipinski definition) is 3. The van der Waals surface area contributed by atoms with Gasteiger partial charge in [-0.2, -0.15) is 0 Å². The molecule has 2 aromatic carbocycles. The molecule has 0 aliphatic carbocycles. The van der Waals surface area contributed by atoms with Crippen molar-refractivity contribution < 1.29 is 9.53 Å². The highest BCUT2D eigenvalue weighted by molar-refractivity contribution is 5.94. The third-order valence-corrected chi connectivity index (χ3v) is 4.47. The number of rotatable bonds is 5. The van der Waals surface area contributed by atoms with E-state index >= 15 is 0 Å². The summed E-state index contributed by atoms with van der Waals surface area (Å²) in [4.78, 5) is 14.7. The molecule has 4 heteroatoms. The normalized spacial score (nSPS) is 15.1. The summed E-state index contributed by atoms with van der Waals surface area (Å²) in [6, 6.07) is 14.4. The van der Waals surface area contributed by atoms with Gasteiger partial charge in [-0.3, -0.25) is 9.69 Å². The van der Waals surface area contributed by atoms with E-state index in [-0.39, 0.29) is 5.91 Å². The molecule has 1 fully saturated rings. The second-order valence-corrected chi connectivity index (χ2v) is 6.76. The maximum Gasteiger partial charge on any atom is 0.251 e. The molecule has 0 spiro atoms. The first-order chi connectivity index (χ1) is 12.1. The highest BCUT2D eigenvalue weighted by atomic mass is 16.5. The van der Waals surface area contributed by atoms with Crippen molar-refractivity contribution >= 4 is 5.91 Å². The third kappa shape index (κ3) is 5.15. The second-order valence-electron chi connectivity index (χ2n) is 6.76. The molecule has 0 radical (unpaired) electrons. The zero-order chi connectivity index (χ0) is 17.6. The van der Waals surface area contributed by atoms with Crippen molar-refractivity contribution in [2.75, 3.05) is 26.3 Å². The number of carbonyl (C=O) groups excluding carboxylic acids is 1. The summed E-state index contributed by atoms with van der Waals surface area (Å²) in [5, 5.41) is 3.00. The van der Waals surface area contributed by atoms with Gasteiger partial charge in [-0.25, -0.2) is 0 Å². The summed E-state index contributed by atoms with van der Waals surface area (Å²) in [5.41, 5.74) is 5.35. The van der Waals surface area contributed by atoms with Crippen LogP contribution in [0.2, 0.25) is 0 Å². The lowest BCUT2D eigenvalue weighted by Crippen LogP contribution is -2.35. The molecule has 1 heterocycles. The first-order valence-corrected chi connectivity index (χ1v) is 8.84. The highest BCUT2D eigenvalue weighted by Gasteiger charge is 2.11. The summed E-state index contributed by atoms with van der Waals surface area (Å²) in [6.45, 7) is 9.16. The number of aryl methyl sites for hydroxylation is 2. The monoisotopic (exact) mass is 338 g/mol. The van der Waals surface area contributed by atoms with Crippen molar-refractivity contribution in [1.82, 2.24) is 10.2 Å². The molecule has 2 aromatic rings. The molecule has 1 amide bonds. The van der Waals surface area contributed by atoms with Crippen LogP contribution in [-0.2, 0) is 17.8 Å². The minimum atomic E-state index is -0.0239. The van der Waals surface area contributed by atoms with Crippen LogP contribution in [0.5, 0.6) is 0 Å². The molecule has 1 aliphatic heterocycles. The van der Waals surface area contributed by atoms with E-state index in [0.29, 0.717) is 6.54 Å². The summed E-state index contributed by atoms with van der Waals surface area (Å²) < 4.78 is 5.38. The van der Waals surface area contributed by atoms with E-state index in [1.54, 1.807) is 0 Å². The van der Waals surface area contributed by atoms with Gasteiger partial charge in [-0.05, 0) is 37.1 Å². The quantitative estimate of drug-likeness (QED) is 0.911. The Morgan fingerprint density at radius 1 is 1.00 bits per heavy atom. The predicted molar refractivity (Wildman–Crippen MR) is 99.6 cm³/mol. The third-order valence-electron chi connectivity index (χ3n) is 4.47. The van der Waals surface area contributed by atoms with Gasteiger partial charge in [0.25, 0.3) is 5.91 Å². The van der Waals surface area contributed by atoms with Crippen LogP contribution in [-0.4, -0.2) is 37.1 Å². The number of morpholine rings is 1. The Morgan fingerprint density at radius 3 is 2.24 bits per heavy atom. The Balaban J connectivity index is 1.53. The van der Waals surface area contributed by atoms with Crippen molar-refractivity contribution in [1.29, 1.82) is 0 Å². The van der Waals surface area contributed by atoms with E-state index in [0.717, 1.165) is 55.1 Å². The Labute approximate surface area is 149 Å². The lowest BCUT2D eigenvalue weighted by molar-refractivity contribution is 0.0342. The fourth-order valence-corrected chi connectivity index (χ4v) is 3.17. The lowest BCUT2D eigenvalue weighted by atomic mass is 10.1. The van der Waals surface area contributed by atoms with Gasteiger partial charge in [0, 0.05) is 31.7 Å². The van der Waals surface area contributed by atoms with Gasteiger partial charge in [-0.15, -0.1) is 0 Å². The number of amides is 1. The minimum Gasteiger partial charge on any atom is -0.379 e. The molecule has 1 N–H and O–H groups in total. The van der Waals surface area contributed by atoms with Crippen LogP contribution in [0.1, 0.15) is 32.6 Å². The summed E-state index contributed by atoms with van der Waals surface area (Å²) in [5.74, 6) is -0.0239. The van der Waals surface area contributed by atoms with E-state index in [9.17, 15) is 4.79 Å². The molecular weight excluding hydrogens is 312 g/mol. The largest absolute Gasteiger partial charge is 0.379 e. The van der Waals surface area contributed by atoms with Crippen molar-refractivity contribution in [3.8, 4) is 0 Å². The minimum absolute atomic E-state index is 0.0239.